The molecule has 0 radical (unpaired) electrons. The summed E-state index contributed by atoms with van der Waals surface area (Å²) >= 11 is 6.27. The van der Waals surface area contributed by atoms with E-state index in [1.54, 1.807) is 6.20 Å². The highest BCUT2D eigenvalue weighted by atomic mass is 35.5. The number of rotatable bonds is 4. The van der Waals surface area contributed by atoms with Crippen LogP contribution < -0.4 is 10.6 Å². The normalized spacial score (nSPS) is 21.4. The first-order valence-electron chi connectivity index (χ1n) is 10.7. The van der Waals surface area contributed by atoms with E-state index in [-0.39, 0.29) is 11.9 Å². The number of nitrogens with one attached hydrogen (secondary N) is 2. The van der Waals surface area contributed by atoms with Crippen molar-refractivity contribution in [1.82, 2.24) is 10.3 Å². The Morgan fingerprint density at radius 2 is 1.87 bits per heavy atom. The molecule has 1 aliphatic rings. The summed E-state index contributed by atoms with van der Waals surface area (Å²) in [5.41, 5.74) is 2.51. The zero-order chi connectivity index (χ0) is 21.3. The molecule has 1 heterocycles. The summed E-state index contributed by atoms with van der Waals surface area (Å²) in [5, 5.41) is 9.13. The summed E-state index contributed by atoms with van der Waals surface area (Å²) in [6, 6.07) is 13.9. The Morgan fingerprint density at radius 3 is 2.63 bits per heavy atom. The van der Waals surface area contributed by atoms with Gasteiger partial charge in [0, 0.05) is 28.3 Å². The molecule has 5 heteroatoms. The van der Waals surface area contributed by atoms with Crippen LogP contribution in [0.25, 0.3) is 10.8 Å². The van der Waals surface area contributed by atoms with Gasteiger partial charge in [-0.2, -0.15) is 0 Å². The highest BCUT2D eigenvalue weighted by Crippen LogP contribution is 2.31. The van der Waals surface area contributed by atoms with Crippen LogP contribution in [-0.4, -0.2) is 16.9 Å². The Kier molecular flexibility index (Phi) is 5.96. The number of amides is 1. The lowest BCUT2D eigenvalue weighted by Crippen LogP contribution is -2.43. The number of hydrogen-bond donors (Lipinski definition) is 2. The number of carbonyl (C=O) groups is 1. The van der Waals surface area contributed by atoms with Gasteiger partial charge in [-0.15, -0.1) is 0 Å². The molecule has 4 rings (SSSR count). The van der Waals surface area contributed by atoms with Crippen LogP contribution in [0.1, 0.15) is 49.0 Å². The fraction of sp³-hybridized carbons (Fsp3) is 0.360. The first-order chi connectivity index (χ1) is 14.4. The molecule has 3 aromatic rings. The van der Waals surface area contributed by atoms with Gasteiger partial charge in [-0.1, -0.05) is 68.6 Å². The Morgan fingerprint density at radius 1 is 1.10 bits per heavy atom. The second-order valence-corrected chi connectivity index (χ2v) is 8.91. The van der Waals surface area contributed by atoms with Crippen LogP contribution in [0.4, 0.5) is 11.5 Å². The number of fused-ring (bicyclic) bond motifs is 1. The summed E-state index contributed by atoms with van der Waals surface area (Å²) in [6.45, 7) is 6.49. The molecule has 1 aromatic heterocycles. The number of pyridine rings is 1. The topological polar surface area (TPSA) is 54.0 Å². The van der Waals surface area contributed by atoms with Crippen molar-refractivity contribution in [2.75, 3.05) is 5.32 Å². The molecule has 0 spiro atoms. The van der Waals surface area contributed by atoms with Crippen molar-refractivity contribution in [3.8, 4) is 0 Å². The predicted octanol–water partition coefficient (Wildman–Crippen LogP) is 6.49. The highest BCUT2D eigenvalue weighted by molar-refractivity contribution is 6.31. The van der Waals surface area contributed by atoms with E-state index in [0.717, 1.165) is 34.9 Å². The van der Waals surface area contributed by atoms with Crippen LogP contribution in [0, 0.1) is 18.8 Å². The summed E-state index contributed by atoms with van der Waals surface area (Å²) in [7, 11) is 0. The van der Waals surface area contributed by atoms with Crippen LogP contribution in [0.3, 0.4) is 0 Å². The Balaban J connectivity index is 1.63. The van der Waals surface area contributed by atoms with Crippen LogP contribution in [0.5, 0.6) is 0 Å². The van der Waals surface area contributed by atoms with E-state index in [4.69, 9.17) is 11.6 Å². The number of nitrogens with zero attached hydrogens (tertiary/aromatic N) is 1. The minimum atomic E-state index is -0.0467. The van der Waals surface area contributed by atoms with Crippen molar-refractivity contribution in [2.45, 2.75) is 46.1 Å². The third-order valence-electron chi connectivity index (χ3n) is 6.50. The zero-order valence-electron chi connectivity index (χ0n) is 17.7. The van der Waals surface area contributed by atoms with Gasteiger partial charge in [0.05, 0.1) is 5.56 Å². The summed E-state index contributed by atoms with van der Waals surface area (Å²) in [5.74, 6) is 1.78. The molecule has 0 unspecified atom stereocenters. The number of aryl methyl sites for hydroxylation is 1. The van der Waals surface area contributed by atoms with Crippen molar-refractivity contribution < 1.29 is 4.79 Å². The van der Waals surface area contributed by atoms with E-state index < -0.39 is 0 Å². The van der Waals surface area contributed by atoms with Gasteiger partial charge in [0.1, 0.15) is 5.82 Å². The number of hydrogen-bond acceptors (Lipinski definition) is 3. The molecule has 1 aliphatic carbocycles. The van der Waals surface area contributed by atoms with Crippen LogP contribution in [0.15, 0.2) is 48.7 Å². The lowest BCUT2D eigenvalue weighted by molar-refractivity contribution is 0.0892. The molecule has 0 saturated heterocycles. The third kappa shape index (κ3) is 4.15. The fourth-order valence-electron chi connectivity index (χ4n) is 4.31. The van der Waals surface area contributed by atoms with E-state index in [1.165, 1.54) is 6.42 Å². The zero-order valence-corrected chi connectivity index (χ0v) is 18.5. The minimum Gasteiger partial charge on any atom is -0.349 e. The molecule has 1 saturated carbocycles. The van der Waals surface area contributed by atoms with Crippen molar-refractivity contribution in [3.63, 3.8) is 0 Å². The molecule has 0 aliphatic heterocycles. The van der Waals surface area contributed by atoms with E-state index >= 15 is 0 Å². The van der Waals surface area contributed by atoms with E-state index in [9.17, 15) is 4.79 Å². The number of benzene rings is 2. The Labute approximate surface area is 183 Å². The van der Waals surface area contributed by atoms with E-state index in [1.807, 2.05) is 49.4 Å². The smallest absolute Gasteiger partial charge is 0.253 e. The van der Waals surface area contributed by atoms with Gasteiger partial charge in [0.2, 0.25) is 0 Å². The quantitative estimate of drug-likeness (QED) is 0.505. The number of aromatic nitrogens is 1. The first kappa shape index (κ1) is 20.7. The molecule has 0 bridgehead atoms. The summed E-state index contributed by atoms with van der Waals surface area (Å²) in [6.07, 6.45) is 5.11. The van der Waals surface area contributed by atoms with Crippen molar-refractivity contribution in [2.24, 2.45) is 11.8 Å². The average Bonchev–Trinajstić information content (AvgIpc) is 2.74. The van der Waals surface area contributed by atoms with Crippen LogP contribution in [0.2, 0.25) is 5.02 Å². The number of halogens is 1. The van der Waals surface area contributed by atoms with Gasteiger partial charge < -0.3 is 10.6 Å². The van der Waals surface area contributed by atoms with Crippen molar-refractivity contribution in [1.29, 1.82) is 0 Å². The Bertz CT molecular complexity index is 1080. The molecular weight excluding hydrogens is 394 g/mol. The number of carbonyl (C=O) groups excluding carboxylic acids is 1. The maximum absolute atomic E-state index is 13.1. The lowest BCUT2D eigenvalue weighted by atomic mass is 9.78. The molecule has 3 atom stereocenters. The average molecular weight is 422 g/mol. The predicted molar refractivity (Wildman–Crippen MR) is 125 cm³/mol. The molecule has 30 heavy (non-hydrogen) atoms. The Hall–Kier alpha value is -2.59. The molecule has 2 N–H and O–H groups in total. The van der Waals surface area contributed by atoms with Gasteiger partial charge in [-0.05, 0) is 48.3 Å². The van der Waals surface area contributed by atoms with Gasteiger partial charge in [0.15, 0.2) is 0 Å². The van der Waals surface area contributed by atoms with E-state index in [2.05, 4.69) is 29.5 Å². The molecular formula is C25H28ClN3O. The van der Waals surface area contributed by atoms with Gasteiger partial charge in [-0.3, -0.25) is 4.79 Å². The largest absolute Gasteiger partial charge is 0.349 e. The van der Waals surface area contributed by atoms with Crippen LogP contribution >= 0.6 is 11.6 Å². The SMILES string of the molecule is Cc1ccc(Nc2ncc(C(=O)N[C@@H]3CCC[C@H](C)[C@H]3C)c3ccccc23)cc1Cl. The van der Waals surface area contributed by atoms with E-state index in [0.29, 0.717) is 28.2 Å². The van der Waals surface area contributed by atoms with Crippen LogP contribution in [-0.2, 0) is 0 Å². The van der Waals surface area contributed by atoms with Crippen molar-refractivity contribution >= 4 is 39.8 Å². The molecule has 1 fully saturated rings. The molecule has 156 valence electrons. The number of anilines is 2. The second kappa shape index (κ2) is 8.65. The standard InChI is InChI=1S/C25H28ClN3O/c1-15-7-6-10-23(17(15)3)29-25(30)21-14-27-24(20-9-5-4-8-19(20)21)28-18-12-11-16(2)22(26)13-18/h4-5,8-9,11-15,17,23H,6-7,10H2,1-3H3,(H,27,28)(H,29,30)/t15-,17+,23+/m0/s1. The molecule has 4 nitrogen and oxygen atoms in total. The highest BCUT2D eigenvalue weighted by Gasteiger charge is 2.29. The monoisotopic (exact) mass is 421 g/mol. The lowest BCUT2D eigenvalue weighted by Gasteiger charge is -2.34. The van der Waals surface area contributed by atoms with Crippen molar-refractivity contribution in [3.05, 3.63) is 64.8 Å². The van der Waals surface area contributed by atoms with Gasteiger partial charge >= 0.3 is 0 Å². The molecule has 1 amide bonds. The summed E-state index contributed by atoms with van der Waals surface area (Å²) in [4.78, 5) is 17.7. The molecule has 2 aromatic carbocycles. The maximum Gasteiger partial charge on any atom is 0.253 e. The first-order valence-corrected chi connectivity index (χ1v) is 11.0. The van der Waals surface area contributed by atoms with Gasteiger partial charge in [-0.25, -0.2) is 4.98 Å². The summed E-state index contributed by atoms with van der Waals surface area (Å²) < 4.78 is 0. The fourth-order valence-corrected chi connectivity index (χ4v) is 4.49. The second-order valence-electron chi connectivity index (χ2n) is 8.50. The van der Waals surface area contributed by atoms with Gasteiger partial charge in [0.25, 0.3) is 5.91 Å². The minimum absolute atomic E-state index is 0.0467. The maximum atomic E-state index is 13.1. The third-order valence-corrected chi connectivity index (χ3v) is 6.90.